The highest BCUT2D eigenvalue weighted by atomic mass is 16.1. The lowest BCUT2D eigenvalue weighted by Gasteiger charge is -1.95. The topological polar surface area (TPSA) is 21.5 Å². The van der Waals surface area contributed by atoms with Gasteiger partial charge in [-0.1, -0.05) is 24.3 Å². The van der Waals surface area contributed by atoms with Crippen molar-refractivity contribution in [2.45, 2.75) is 6.92 Å². The average Bonchev–Trinajstić information content (AvgIpc) is 2.78. The van der Waals surface area contributed by atoms with E-state index in [0.717, 1.165) is 17.6 Å². The van der Waals surface area contributed by atoms with E-state index in [-0.39, 0.29) is 0 Å². The van der Waals surface area contributed by atoms with E-state index in [2.05, 4.69) is 22.6 Å². The standard InChI is InChI=1S/C16H15NO/c1-14(11-13-18)6-2-3-7-15-9-10-16-8-4-5-12-17(15)16/h2-13H,1H3/b6-2+,7-3+,14-11+. The van der Waals surface area contributed by atoms with E-state index in [0.29, 0.717) is 0 Å². The smallest absolute Gasteiger partial charge is 0.143 e. The molecule has 2 nitrogen and oxygen atoms in total. The average molecular weight is 237 g/mol. The van der Waals surface area contributed by atoms with E-state index in [9.17, 15) is 4.79 Å². The second-order valence-corrected chi connectivity index (χ2v) is 4.02. The van der Waals surface area contributed by atoms with Crippen molar-refractivity contribution in [3.05, 3.63) is 72.1 Å². The van der Waals surface area contributed by atoms with E-state index in [1.54, 1.807) is 0 Å². The summed E-state index contributed by atoms with van der Waals surface area (Å²) in [4.78, 5) is 10.2. The predicted octanol–water partition coefficient (Wildman–Crippen LogP) is 3.65. The Morgan fingerprint density at radius 1 is 1.17 bits per heavy atom. The van der Waals surface area contributed by atoms with Gasteiger partial charge >= 0.3 is 0 Å². The molecule has 2 aromatic rings. The number of allylic oxidation sites excluding steroid dienone is 5. The zero-order valence-electron chi connectivity index (χ0n) is 10.3. The Hall–Kier alpha value is -2.35. The summed E-state index contributed by atoms with van der Waals surface area (Å²) in [5.41, 5.74) is 3.25. The van der Waals surface area contributed by atoms with Crippen molar-refractivity contribution in [3.8, 4) is 0 Å². The predicted molar refractivity (Wildman–Crippen MR) is 75.4 cm³/mol. The van der Waals surface area contributed by atoms with Crippen molar-refractivity contribution >= 4 is 17.9 Å². The van der Waals surface area contributed by atoms with Gasteiger partial charge in [0.1, 0.15) is 6.29 Å². The first kappa shape index (κ1) is 12.1. The molecule has 0 radical (unpaired) electrons. The van der Waals surface area contributed by atoms with Crippen molar-refractivity contribution in [1.29, 1.82) is 0 Å². The molecule has 2 heteroatoms. The van der Waals surface area contributed by atoms with Crippen molar-refractivity contribution < 1.29 is 4.79 Å². The van der Waals surface area contributed by atoms with Crippen LogP contribution in [-0.4, -0.2) is 10.7 Å². The quantitative estimate of drug-likeness (QED) is 0.452. The van der Waals surface area contributed by atoms with Crippen LogP contribution in [0, 0.1) is 0 Å². The van der Waals surface area contributed by atoms with Crippen molar-refractivity contribution in [2.24, 2.45) is 0 Å². The van der Waals surface area contributed by atoms with Gasteiger partial charge in [0.15, 0.2) is 0 Å². The molecule has 0 atom stereocenters. The maximum Gasteiger partial charge on any atom is 0.143 e. The fraction of sp³-hybridized carbons (Fsp3) is 0.0625. The highest BCUT2D eigenvalue weighted by Crippen LogP contribution is 2.11. The summed E-state index contributed by atoms with van der Waals surface area (Å²) in [7, 11) is 0. The van der Waals surface area contributed by atoms with Crippen LogP contribution >= 0.6 is 0 Å². The Morgan fingerprint density at radius 3 is 2.89 bits per heavy atom. The maximum absolute atomic E-state index is 10.2. The lowest BCUT2D eigenvalue weighted by Crippen LogP contribution is -1.83. The highest BCUT2D eigenvalue weighted by Gasteiger charge is 1.94. The molecule has 0 unspecified atom stereocenters. The number of aldehydes is 1. The number of fused-ring (bicyclic) bond motifs is 1. The minimum atomic E-state index is 0.796. The normalized spacial score (nSPS) is 12.8. The second kappa shape index (κ2) is 5.82. The molecule has 0 fully saturated rings. The van der Waals surface area contributed by atoms with Gasteiger partial charge in [-0.25, -0.2) is 0 Å². The molecule has 0 amide bonds. The maximum atomic E-state index is 10.2. The van der Waals surface area contributed by atoms with Crippen LogP contribution in [-0.2, 0) is 4.79 Å². The Morgan fingerprint density at radius 2 is 2.06 bits per heavy atom. The summed E-state index contributed by atoms with van der Waals surface area (Å²) < 4.78 is 2.12. The fourth-order valence-corrected chi connectivity index (χ4v) is 1.74. The molecule has 0 saturated heterocycles. The van der Waals surface area contributed by atoms with Gasteiger partial charge in [0, 0.05) is 17.4 Å². The first-order chi connectivity index (χ1) is 8.81. The molecule has 0 aromatic carbocycles. The van der Waals surface area contributed by atoms with Crippen LogP contribution in [0.5, 0.6) is 0 Å². The molecule has 2 heterocycles. The molecule has 90 valence electrons. The SMILES string of the molecule is CC(/C=C/C=C/c1ccc2ccccn12)=C\C=O. The third kappa shape index (κ3) is 2.86. The number of hydrogen-bond acceptors (Lipinski definition) is 1. The van der Waals surface area contributed by atoms with Gasteiger partial charge in [-0.05, 0) is 48.9 Å². The van der Waals surface area contributed by atoms with E-state index < -0.39 is 0 Å². The van der Waals surface area contributed by atoms with Crippen LogP contribution in [0.2, 0.25) is 0 Å². The molecule has 0 aliphatic carbocycles. The van der Waals surface area contributed by atoms with Gasteiger partial charge in [0.05, 0.1) is 0 Å². The fourth-order valence-electron chi connectivity index (χ4n) is 1.74. The van der Waals surface area contributed by atoms with Crippen molar-refractivity contribution in [3.63, 3.8) is 0 Å². The molecule has 18 heavy (non-hydrogen) atoms. The Kier molecular flexibility index (Phi) is 3.92. The molecule has 2 rings (SSSR count). The van der Waals surface area contributed by atoms with Crippen LogP contribution in [0.4, 0.5) is 0 Å². The van der Waals surface area contributed by atoms with Gasteiger partial charge in [-0.2, -0.15) is 0 Å². The first-order valence-electron chi connectivity index (χ1n) is 5.84. The van der Waals surface area contributed by atoms with Crippen LogP contribution in [0.1, 0.15) is 12.6 Å². The number of carbonyl (C=O) groups excluding carboxylic acids is 1. The van der Waals surface area contributed by atoms with E-state index >= 15 is 0 Å². The van der Waals surface area contributed by atoms with Gasteiger partial charge < -0.3 is 4.40 Å². The monoisotopic (exact) mass is 237 g/mol. The lowest BCUT2D eigenvalue weighted by atomic mass is 10.2. The van der Waals surface area contributed by atoms with E-state index in [1.807, 2.05) is 49.6 Å². The molecule has 0 N–H and O–H groups in total. The number of rotatable bonds is 4. The molecular formula is C16H15NO. The zero-order valence-corrected chi connectivity index (χ0v) is 10.3. The molecule has 0 spiro atoms. The molecule has 2 aromatic heterocycles. The zero-order chi connectivity index (χ0) is 12.8. The van der Waals surface area contributed by atoms with E-state index in [4.69, 9.17) is 0 Å². The second-order valence-electron chi connectivity index (χ2n) is 4.02. The largest absolute Gasteiger partial charge is 0.317 e. The van der Waals surface area contributed by atoms with E-state index in [1.165, 1.54) is 11.6 Å². The highest BCUT2D eigenvalue weighted by molar-refractivity contribution is 5.67. The Bertz CT molecular complexity index is 629. The summed E-state index contributed by atoms with van der Waals surface area (Å²) >= 11 is 0. The number of hydrogen-bond donors (Lipinski definition) is 0. The van der Waals surface area contributed by atoms with Crippen molar-refractivity contribution in [2.75, 3.05) is 0 Å². The van der Waals surface area contributed by atoms with Gasteiger partial charge in [-0.15, -0.1) is 0 Å². The van der Waals surface area contributed by atoms with Crippen molar-refractivity contribution in [1.82, 2.24) is 4.40 Å². The van der Waals surface area contributed by atoms with Crippen LogP contribution in [0.25, 0.3) is 11.6 Å². The molecule has 0 bridgehead atoms. The summed E-state index contributed by atoms with van der Waals surface area (Å²) in [6.07, 6.45) is 12.2. The molecule has 0 aliphatic heterocycles. The van der Waals surface area contributed by atoms with Gasteiger partial charge in [0.2, 0.25) is 0 Å². The molecule has 0 aliphatic rings. The number of pyridine rings is 1. The summed E-state index contributed by atoms with van der Waals surface area (Å²) in [6.45, 7) is 1.89. The number of carbonyl (C=O) groups is 1. The number of nitrogens with zero attached hydrogens (tertiary/aromatic N) is 1. The third-order valence-corrected chi connectivity index (χ3v) is 2.66. The summed E-state index contributed by atoms with van der Waals surface area (Å²) in [5.74, 6) is 0. The lowest BCUT2D eigenvalue weighted by molar-refractivity contribution is -0.104. The van der Waals surface area contributed by atoms with Gasteiger partial charge in [-0.3, -0.25) is 4.79 Å². The van der Waals surface area contributed by atoms with Crippen LogP contribution in [0.3, 0.4) is 0 Å². The summed E-state index contributed by atoms with van der Waals surface area (Å²) in [5, 5.41) is 0. The number of aromatic nitrogens is 1. The Balaban J connectivity index is 2.14. The van der Waals surface area contributed by atoms with Crippen LogP contribution < -0.4 is 0 Å². The Labute approximate surface area is 107 Å². The first-order valence-corrected chi connectivity index (χ1v) is 5.84. The molecular weight excluding hydrogens is 222 g/mol. The van der Waals surface area contributed by atoms with Crippen LogP contribution in [0.15, 0.2) is 66.4 Å². The minimum absolute atomic E-state index is 0.796. The molecule has 0 saturated carbocycles. The third-order valence-electron chi connectivity index (χ3n) is 2.66. The summed E-state index contributed by atoms with van der Waals surface area (Å²) in [6, 6.07) is 10.3. The van der Waals surface area contributed by atoms with Gasteiger partial charge in [0.25, 0.3) is 0 Å². The minimum Gasteiger partial charge on any atom is -0.317 e.